The maximum absolute atomic E-state index is 6.44. The summed E-state index contributed by atoms with van der Waals surface area (Å²) in [4.78, 5) is 0. The number of rotatable bonds is 7. The number of methoxy groups -OCH3 is 1. The molecule has 1 aromatic carbocycles. The number of benzene rings is 1. The van der Waals surface area contributed by atoms with Crippen LogP contribution in [0.15, 0.2) is 24.3 Å². The minimum absolute atomic E-state index is 0.120. The molecule has 2 nitrogen and oxygen atoms in total. The Bertz CT molecular complexity index is 339. The predicted octanol–water partition coefficient (Wildman–Crippen LogP) is 3.78. The van der Waals surface area contributed by atoms with E-state index >= 15 is 0 Å². The van der Waals surface area contributed by atoms with Crippen molar-refractivity contribution in [2.45, 2.75) is 52.0 Å². The van der Waals surface area contributed by atoms with Gasteiger partial charge in [-0.3, -0.25) is 0 Å². The molecule has 102 valence electrons. The van der Waals surface area contributed by atoms with E-state index in [2.05, 4.69) is 32.9 Å². The molecule has 0 spiro atoms. The first-order valence-electron chi connectivity index (χ1n) is 6.92. The molecule has 0 aliphatic carbocycles. The zero-order valence-electron chi connectivity index (χ0n) is 12.2. The van der Waals surface area contributed by atoms with Gasteiger partial charge >= 0.3 is 0 Å². The van der Waals surface area contributed by atoms with Gasteiger partial charge in [0.25, 0.3) is 0 Å². The van der Waals surface area contributed by atoms with E-state index in [0.717, 1.165) is 24.5 Å². The third-order valence-electron chi connectivity index (χ3n) is 3.68. The van der Waals surface area contributed by atoms with Gasteiger partial charge in [-0.1, -0.05) is 38.8 Å². The van der Waals surface area contributed by atoms with Gasteiger partial charge in [0, 0.05) is 5.54 Å². The lowest BCUT2D eigenvalue weighted by Gasteiger charge is -2.29. The van der Waals surface area contributed by atoms with Crippen molar-refractivity contribution in [2.75, 3.05) is 7.11 Å². The lowest BCUT2D eigenvalue weighted by Crippen LogP contribution is -2.40. The third kappa shape index (κ3) is 4.69. The molecule has 0 aromatic heterocycles. The van der Waals surface area contributed by atoms with Crippen molar-refractivity contribution in [3.05, 3.63) is 29.8 Å². The Balaban J connectivity index is 2.63. The lowest BCUT2D eigenvalue weighted by molar-refractivity contribution is 0.321. The van der Waals surface area contributed by atoms with Crippen LogP contribution in [-0.2, 0) is 6.42 Å². The minimum Gasteiger partial charge on any atom is -0.497 e. The fourth-order valence-electron chi connectivity index (χ4n) is 2.52. The molecule has 1 rings (SSSR count). The molecule has 1 unspecified atom stereocenters. The highest BCUT2D eigenvalue weighted by atomic mass is 16.5. The molecule has 0 aliphatic rings. The molecule has 0 saturated carbocycles. The molecule has 1 aromatic rings. The van der Waals surface area contributed by atoms with Gasteiger partial charge in [-0.15, -0.1) is 0 Å². The van der Waals surface area contributed by atoms with Gasteiger partial charge in [-0.2, -0.15) is 0 Å². The second-order valence-electron chi connectivity index (χ2n) is 5.57. The normalized spacial score (nSPS) is 14.6. The van der Waals surface area contributed by atoms with Crippen LogP contribution >= 0.6 is 0 Å². The second-order valence-corrected chi connectivity index (χ2v) is 5.57. The third-order valence-corrected chi connectivity index (χ3v) is 3.68. The molecule has 0 saturated heterocycles. The van der Waals surface area contributed by atoms with Gasteiger partial charge in [0.15, 0.2) is 0 Å². The fourth-order valence-corrected chi connectivity index (χ4v) is 2.52. The van der Waals surface area contributed by atoms with E-state index in [1.165, 1.54) is 18.4 Å². The van der Waals surface area contributed by atoms with Crippen molar-refractivity contribution in [3.8, 4) is 5.75 Å². The monoisotopic (exact) mass is 249 g/mol. The Hall–Kier alpha value is -1.02. The quantitative estimate of drug-likeness (QED) is 0.798. The summed E-state index contributed by atoms with van der Waals surface area (Å²) in [5, 5.41) is 0. The predicted molar refractivity (Wildman–Crippen MR) is 78.0 cm³/mol. The van der Waals surface area contributed by atoms with Crippen LogP contribution in [0, 0.1) is 5.92 Å². The van der Waals surface area contributed by atoms with E-state index in [-0.39, 0.29) is 5.54 Å². The number of hydrogen-bond acceptors (Lipinski definition) is 2. The first-order valence-corrected chi connectivity index (χ1v) is 6.92. The van der Waals surface area contributed by atoms with Gasteiger partial charge in [0.2, 0.25) is 0 Å². The number of nitrogens with two attached hydrogens (primary N) is 1. The average molecular weight is 249 g/mol. The van der Waals surface area contributed by atoms with E-state index in [4.69, 9.17) is 10.5 Å². The zero-order chi connectivity index (χ0) is 13.6. The van der Waals surface area contributed by atoms with E-state index < -0.39 is 0 Å². The number of hydrogen-bond donors (Lipinski definition) is 1. The molecular formula is C16H27NO. The lowest BCUT2D eigenvalue weighted by atomic mass is 9.82. The Morgan fingerprint density at radius 3 is 2.17 bits per heavy atom. The molecule has 2 heteroatoms. The molecule has 0 heterocycles. The van der Waals surface area contributed by atoms with Crippen LogP contribution in [0.3, 0.4) is 0 Å². The zero-order valence-corrected chi connectivity index (χ0v) is 12.2. The summed E-state index contributed by atoms with van der Waals surface area (Å²) in [6, 6.07) is 8.22. The largest absolute Gasteiger partial charge is 0.497 e. The SMILES string of the molecule is CCC(CC)CC(C)(N)Cc1ccc(OC)cc1. The topological polar surface area (TPSA) is 35.2 Å². The van der Waals surface area contributed by atoms with E-state index in [1.54, 1.807) is 7.11 Å². The van der Waals surface area contributed by atoms with Crippen molar-refractivity contribution in [2.24, 2.45) is 11.7 Å². The molecular weight excluding hydrogens is 222 g/mol. The van der Waals surface area contributed by atoms with E-state index in [1.807, 2.05) is 12.1 Å². The Morgan fingerprint density at radius 2 is 1.72 bits per heavy atom. The molecule has 18 heavy (non-hydrogen) atoms. The molecule has 2 N–H and O–H groups in total. The van der Waals surface area contributed by atoms with Crippen LogP contribution in [0.4, 0.5) is 0 Å². The molecule has 1 atom stereocenters. The molecule has 0 amide bonds. The second kappa shape index (κ2) is 6.79. The van der Waals surface area contributed by atoms with Gasteiger partial charge in [0.1, 0.15) is 5.75 Å². The highest BCUT2D eigenvalue weighted by molar-refractivity contribution is 5.28. The van der Waals surface area contributed by atoms with Gasteiger partial charge in [0.05, 0.1) is 7.11 Å². The summed E-state index contributed by atoms with van der Waals surface area (Å²) < 4.78 is 5.17. The van der Waals surface area contributed by atoms with Crippen LogP contribution in [0.5, 0.6) is 5.75 Å². The van der Waals surface area contributed by atoms with E-state index in [0.29, 0.717) is 0 Å². The summed E-state index contributed by atoms with van der Waals surface area (Å²) in [6.45, 7) is 6.66. The smallest absolute Gasteiger partial charge is 0.118 e. The van der Waals surface area contributed by atoms with Gasteiger partial charge < -0.3 is 10.5 Å². The van der Waals surface area contributed by atoms with Crippen molar-refractivity contribution in [1.82, 2.24) is 0 Å². The molecule has 0 fully saturated rings. The fraction of sp³-hybridized carbons (Fsp3) is 0.625. The maximum Gasteiger partial charge on any atom is 0.118 e. The molecule has 0 bridgehead atoms. The van der Waals surface area contributed by atoms with Crippen LogP contribution in [0.25, 0.3) is 0 Å². The Morgan fingerprint density at radius 1 is 1.17 bits per heavy atom. The summed E-state index contributed by atoms with van der Waals surface area (Å²) in [5.74, 6) is 1.63. The van der Waals surface area contributed by atoms with Crippen LogP contribution < -0.4 is 10.5 Å². The highest BCUT2D eigenvalue weighted by Gasteiger charge is 2.22. The summed E-state index contributed by atoms with van der Waals surface area (Å²) >= 11 is 0. The highest BCUT2D eigenvalue weighted by Crippen LogP contribution is 2.24. The van der Waals surface area contributed by atoms with Crippen molar-refractivity contribution in [3.63, 3.8) is 0 Å². The summed E-state index contributed by atoms with van der Waals surface area (Å²) in [7, 11) is 1.69. The first kappa shape index (κ1) is 15.0. The summed E-state index contributed by atoms with van der Waals surface area (Å²) in [5.41, 5.74) is 7.60. The molecule has 0 aliphatic heterocycles. The Labute approximate surface area is 112 Å². The van der Waals surface area contributed by atoms with Crippen LogP contribution in [-0.4, -0.2) is 12.6 Å². The summed E-state index contributed by atoms with van der Waals surface area (Å²) in [6.07, 6.45) is 4.44. The number of ether oxygens (including phenoxy) is 1. The minimum atomic E-state index is -0.120. The maximum atomic E-state index is 6.44. The van der Waals surface area contributed by atoms with Crippen molar-refractivity contribution in [1.29, 1.82) is 0 Å². The standard InChI is InChI=1S/C16H27NO/c1-5-13(6-2)11-16(3,17)12-14-7-9-15(18-4)10-8-14/h7-10,13H,5-6,11-12,17H2,1-4H3. The van der Waals surface area contributed by atoms with Crippen molar-refractivity contribution < 1.29 is 4.74 Å². The first-order chi connectivity index (χ1) is 8.50. The molecule has 0 radical (unpaired) electrons. The van der Waals surface area contributed by atoms with Gasteiger partial charge in [-0.05, 0) is 43.4 Å². The van der Waals surface area contributed by atoms with Crippen LogP contribution in [0.1, 0.15) is 45.6 Å². The Kier molecular flexibility index (Phi) is 5.67. The van der Waals surface area contributed by atoms with Gasteiger partial charge in [-0.25, -0.2) is 0 Å². The van der Waals surface area contributed by atoms with Crippen molar-refractivity contribution >= 4 is 0 Å². The van der Waals surface area contributed by atoms with E-state index in [9.17, 15) is 0 Å². The average Bonchev–Trinajstić information content (AvgIpc) is 2.36. The van der Waals surface area contributed by atoms with Crippen LogP contribution in [0.2, 0.25) is 0 Å².